The molecule has 1 saturated heterocycles. The van der Waals surface area contributed by atoms with Crippen LogP contribution in [-0.4, -0.2) is 63.1 Å². The number of aliphatic carboxylic acids is 2. The molecule has 2 N–H and O–H groups in total. The molecule has 2 aliphatic rings. The van der Waals surface area contributed by atoms with Crippen molar-refractivity contribution in [2.45, 2.75) is 70.3 Å². The van der Waals surface area contributed by atoms with Crippen molar-refractivity contribution in [1.29, 1.82) is 0 Å². The molecule has 8 nitrogen and oxygen atoms in total. The van der Waals surface area contributed by atoms with Crippen LogP contribution >= 0.6 is 0 Å². The van der Waals surface area contributed by atoms with Gasteiger partial charge in [-0.1, -0.05) is 25.7 Å². The maximum Gasteiger partial charge on any atom is 0.414 e. The maximum absolute atomic E-state index is 9.10. The third-order valence-electron chi connectivity index (χ3n) is 5.28. The zero-order chi connectivity index (χ0) is 20.2. The van der Waals surface area contributed by atoms with Crippen molar-refractivity contribution < 1.29 is 24.5 Å². The number of unbranched alkanes of at least 4 members (excludes halogenated alkanes) is 1. The summed E-state index contributed by atoms with van der Waals surface area (Å²) in [5.74, 6) is -2.84. The van der Waals surface area contributed by atoms with E-state index in [-0.39, 0.29) is 0 Å². The van der Waals surface area contributed by atoms with E-state index in [1.165, 1.54) is 77.4 Å². The topological polar surface area (TPSA) is 105 Å². The highest BCUT2D eigenvalue weighted by Crippen LogP contribution is 2.28. The molecule has 0 amide bonds. The lowest BCUT2D eigenvalue weighted by molar-refractivity contribution is -0.159. The lowest BCUT2D eigenvalue weighted by Gasteiger charge is -2.26. The number of nitrogens with zero attached hydrogens (tertiary/aromatic N) is 3. The summed E-state index contributed by atoms with van der Waals surface area (Å²) >= 11 is 0. The van der Waals surface area contributed by atoms with E-state index < -0.39 is 11.9 Å². The summed E-state index contributed by atoms with van der Waals surface area (Å²) in [5.41, 5.74) is 0. The van der Waals surface area contributed by atoms with E-state index in [9.17, 15) is 0 Å². The highest BCUT2D eigenvalue weighted by Gasteiger charge is 2.16. The predicted octanol–water partition coefficient (Wildman–Crippen LogP) is 3.19. The van der Waals surface area contributed by atoms with Gasteiger partial charge in [-0.15, -0.1) is 5.10 Å². The van der Waals surface area contributed by atoms with Crippen LogP contribution in [0.1, 0.15) is 70.3 Å². The van der Waals surface area contributed by atoms with Gasteiger partial charge in [-0.25, -0.2) is 9.59 Å². The lowest BCUT2D eigenvalue weighted by Crippen LogP contribution is -2.30. The number of carboxylic acid groups (broad SMARTS) is 2. The molecule has 0 bridgehead atoms. The third-order valence-corrected chi connectivity index (χ3v) is 5.28. The van der Waals surface area contributed by atoms with E-state index in [2.05, 4.69) is 20.9 Å². The number of ether oxygens (including phenoxy) is 1. The van der Waals surface area contributed by atoms with Crippen molar-refractivity contribution in [3.05, 3.63) is 12.3 Å². The van der Waals surface area contributed by atoms with Gasteiger partial charge in [0.05, 0.1) is 12.6 Å². The van der Waals surface area contributed by atoms with Gasteiger partial charge in [-0.2, -0.15) is 0 Å². The van der Waals surface area contributed by atoms with E-state index in [1.807, 2.05) is 6.07 Å². The van der Waals surface area contributed by atoms with Crippen LogP contribution in [0.5, 0.6) is 5.88 Å². The summed E-state index contributed by atoms with van der Waals surface area (Å²) in [6.07, 6.45) is 15.3. The number of piperidine rings is 1. The van der Waals surface area contributed by atoms with Gasteiger partial charge in [0.15, 0.2) is 0 Å². The first-order chi connectivity index (χ1) is 13.6. The highest BCUT2D eigenvalue weighted by molar-refractivity contribution is 6.27. The van der Waals surface area contributed by atoms with Crippen molar-refractivity contribution in [3.8, 4) is 5.88 Å². The molecule has 3 rings (SSSR count). The third kappa shape index (κ3) is 8.29. The Morgan fingerprint density at radius 3 is 2.29 bits per heavy atom. The summed E-state index contributed by atoms with van der Waals surface area (Å²) in [7, 11) is 0. The molecule has 28 heavy (non-hydrogen) atoms. The molecule has 158 valence electrons. The van der Waals surface area contributed by atoms with Crippen molar-refractivity contribution in [2.75, 3.05) is 26.2 Å². The van der Waals surface area contributed by atoms with Gasteiger partial charge in [0.2, 0.25) is 5.88 Å². The average Bonchev–Trinajstić information content (AvgIpc) is 3.18. The number of likely N-dealkylation sites (tertiary alicyclic amines) is 1. The maximum atomic E-state index is 9.10. The monoisotopic (exact) mass is 395 g/mol. The van der Waals surface area contributed by atoms with Gasteiger partial charge >= 0.3 is 11.9 Å². The zero-order valence-corrected chi connectivity index (χ0v) is 16.6. The Balaban J connectivity index is 0.000000409. The number of hydrogen-bond donors (Lipinski definition) is 2. The Hall–Kier alpha value is -2.09. The van der Waals surface area contributed by atoms with Gasteiger partial charge < -0.3 is 19.8 Å². The van der Waals surface area contributed by atoms with Crippen LogP contribution in [0.15, 0.2) is 12.3 Å². The summed E-state index contributed by atoms with van der Waals surface area (Å²) < 4.78 is 7.94. The molecule has 8 heteroatoms. The number of aromatic nitrogens is 2. The first-order valence-electron chi connectivity index (χ1n) is 10.4. The summed E-state index contributed by atoms with van der Waals surface area (Å²) in [4.78, 5) is 20.8. The molecule has 0 aromatic carbocycles. The Labute approximate surface area is 166 Å². The molecule has 2 heterocycles. The zero-order valence-electron chi connectivity index (χ0n) is 16.6. The largest absolute Gasteiger partial charge is 0.477 e. The second-order valence-electron chi connectivity index (χ2n) is 7.49. The molecule has 0 spiro atoms. The Morgan fingerprint density at radius 1 is 1.00 bits per heavy atom. The van der Waals surface area contributed by atoms with E-state index in [0.29, 0.717) is 6.04 Å². The van der Waals surface area contributed by atoms with Crippen molar-refractivity contribution in [2.24, 2.45) is 0 Å². The smallest absolute Gasteiger partial charge is 0.414 e. The lowest BCUT2D eigenvalue weighted by atomic mass is 9.96. The first kappa shape index (κ1) is 22.2. The van der Waals surface area contributed by atoms with Crippen LogP contribution in [0.4, 0.5) is 0 Å². The predicted molar refractivity (Wildman–Crippen MR) is 105 cm³/mol. The normalized spacial score (nSPS) is 18.1. The molecule has 0 unspecified atom stereocenters. The summed E-state index contributed by atoms with van der Waals surface area (Å²) in [6.45, 7) is 4.63. The highest BCUT2D eigenvalue weighted by atomic mass is 16.5. The average molecular weight is 396 g/mol. The Bertz CT molecular complexity index is 580. The number of rotatable bonds is 7. The van der Waals surface area contributed by atoms with Crippen LogP contribution in [0, 0.1) is 0 Å². The minimum atomic E-state index is -1.82. The van der Waals surface area contributed by atoms with Gasteiger partial charge in [-0.05, 0) is 58.2 Å². The van der Waals surface area contributed by atoms with Crippen LogP contribution in [-0.2, 0) is 9.59 Å². The molecule has 0 radical (unpaired) electrons. The van der Waals surface area contributed by atoms with Gasteiger partial charge in [-0.3, -0.25) is 4.68 Å². The van der Waals surface area contributed by atoms with Crippen LogP contribution in [0.3, 0.4) is 0 Å². The van der Waals surface area contributed by atoms with Gasteiger partial charge in [0.1, 0.15) is 0 Å². The fourth-order valence-corrected chi connectivity index (χ4v) is 3.74. The summed E-state index contributed by atoms with van der Waals surface area (Å²) in [5, 5.41) is 19.4. The molecular formula is C20H33N3O5. The van der Waals surface area contributed by atoms with Crippen LogP contribution < -0.4 is 4.74 Å². The number of carboxylic acids is 2. The first-order valence-corrected chi connectivity index (χ1v) is 10.4. The van der Waals surface area contributed by atoms with E-state index in [1.54, 1.807) is 0 Å². The van der Waals surface area contributed by atoms with E-state index >= 15 is 0 Å². The molecule has 0 atom stereocenters. The molecule has 2 fully saturated rings. The second-order valence-corrected chi connectivity index (χ2v) is 7.49. The van der Waals surface area contributed by atoms with Gasteiger partial charge in [0, 0.05) is 12.3 Å². The minimum absolute atomic E-state index is 0.602. The van der Waals surface area contributed by atoms with E-state index in [0.717, 1.165) is 18.9 Å². The standard InChI is InChI=1S/C18H31N3O.C2H2O4/c1-3-9-17(10-4-1)21-15-11-18(19-21)22-16-8-7-14-20-12-5-2-6-13-20;3-1(4)2(5)6/h11,15,17H,1-10,12-14,16H2;(H,3,4)(H,5,6). The van der Waals surface area contributed by atoms with E-state index in [4.69, 9.17) is 24.5 Å². The molecule has 1 aromatic heterocycles. The summed E-state index contributed by atoms with van der Waals surface area (Å²) in [6, 6.07) is 2.63. The second kappa shape index (κ2) is 12.4. The number of hydrogen-bond acceptors (Lipinski definition) is 5. The minimum Gasteiger partial charge on any atom is -0.477 e. The fourth-order valence-electron chi connectivity index (χ4n) is 3.74. The molecule has 1 aliphatic heterocycles. The Kier molecular flexibility index (Phi) is 9.82. The quantitative estimate of drug-likeness (QED) is 0.539. The van der Waals surface area contributed by atoms with Crippen LogP contribution in [0.25, 0.3) is 0 Å². The number of carbonyl (C=O) groups is 2. The fraction of sp³-hybridized carbons (Fsp3) is 0.750. The van der Waals surface area contributed by atoms with Crippen molar-refractivity contribution in [1.82, 2.24) is 14.7 Å². The van der Waals surface area contributed by atoms with Crippen molar-refractivity contribution >= 4 is 11.9 Å². The Morgan fingerprint density at radius 2 is 1.64 bits per heavy atom. The molecule has 1 aromatic rings. The molecule has 1 aliphatic carbocycles. The SMILES string of the molecule is O=C(O)C(=O)O.c1cn(C2CCCCC2)nc1OCCCCN1CCCCC1. The molecule has 1 saturated carbocycles. The van der Waals surface area contributed by atoms with Crippen molar-refractivity contribution in [3.63, 3.8) is 0 Å². The molecular weight excluding hydrogens is 362 g/mol. The van der Waals surface area contributed by atoms with Crippen LogP contribution in [0.2, 0.25) is 0 Å². The van der Waals surface area contributed by atoms with Gasteiger partial charge in [0.25, 0.3) is 0 Å².